The minimum Gasteiger partial charge on any atom is -0.358 e. The number of amidine groups is 1. The molecule has 0 N–H and O–H groups in total. The number of amides is 1. The Hall–Kier alpha value is -2.92. The van der Waals surface area contributed by atoms with Crippen LogP contribution in [0, 0.1) is 5.92 Å². The lowest BCUT2D eigenvalue weighted by atomic mass is 10.1. The van der Waals surface area contributed by atoms with Gasteiger partial charge in [-0.15, -0.1) is 6.58 Å². The molecule has 31 heavy (non-hydrogen) atoms. The van der Waals surface area contributed by atoms with Gasteiger partial charge in [-0.1, -0.05) is 55.5 Å². The number of carbonyl (C=O) groups is 1. The molecule has 5 nitrogen and oxygen atoms in total. The number of carbonyl (C=O) groups excluding carboxylic acids is 1. The number of likely N-dealkylation sites (N-methyl/N-ethyl adjacent to an activating group) is 1. The van der Waals surface area contributed by atoms with Gasteiger partial charge in [0, 0.05) is 44.9 Å². The summed E-state index contributed by atoms with van der Waals surface area (Å²) in [6, 6.07) is 16.6. The zero-order valence-corrected chi connectivity index (χ0v) is 19.2. The lowest BCUT2D eigenvalue weighted by molar-refractivity contribution is -0.116. The van der Waals surface area contributed by atoms with E-state index in [9.17, 15) is 4.79 Å². The van der Waals surface area contributed by atoms with Gasteiger partial charge in [-0.05, 0) is 30.2 Å². The van der Waals surface area contributed by atoms with Gasteiger partial charge in [0.2, 0.25) is 5.91 Å². The van der Waals surface area contributed by atoms with E-state index in [4.69, 9.17) is 0 Å². The van der Waals surface area contributed by atoms with Crippen molar-refractivity contribution in [1.82, 2.24) is 9.80 Å². The number of nitrogens with zero attached hydrogens (tertiary/aromatic N) is 4. The van der Waals surface area contributed by atoms with Crippen LogP contribution in [0.15, 0.2) is 66.2 Å². The largest absolute Gasteiger partial charge is 0.358 e. The molecule has 1 heterocycles. The minimum atomic E-state index is 0.0403. The Labute approximate surface area is 186 Å². The maximum absolute atomic E-state index is 12.6. The SMILES string of the molecule is C=CC(C)CN(C)Cc1ccccc1N(Cc1ccc(C2=NCCN2C)cc1)C(C)=O. The molecule has 2 aromatic carbocycles. The fourth-order valence-corrected chi connectivity index (χ4v) is 3.98. The van der Waals surface area contributed by atoms with Crippen molar-refractivity contribution in [2.75, 3.05) is 38.6 Å². The third-order valence-corrected chi connectivity index (χ3v) is 5.72. The van der Waals surface area contributed by atoms with Crippen LogP contribution in [-0.2, 0) is 17.9 Å². The summed E-state index contributed by atoms with van der Waals surface area (Å²) in [7, 11) is 4.18. The molecule has 1 atom stereocenters. The van der Waals surface area contributed by atoms with Gasteiger partial charge >= 0.3 is 0 Å². The fraction of sp³-hybridized carbons (Fsp3) is 0.385. The molecule has 1 aliphatic heterocycles. The Morgan fingerprint density at radius 1 is 1.19 bits per heavy atom. The first kappa shape index (κ1) is 22.8. The van der Waals surface area contributed by atoms with E-state index >= 15 is 0 Å². The number of benzene rings is 2. The van der Waals surface area contributed by atoms with Gasteiger partial charge in [0.05, 0.1) is 13.1 Å². The van der Waals surface area contributed by atoms with E-state index in [1.165, 1.54) is 0 Å². The van der Waals surface area contributed by atoms with Gasteiger partial charge < -0.3 is 14.7 Å². The average Bonchev–Trinajstić information content (AvgIpc) is 3.18. The molecule has 0 bridgehead atoms. The molecule has 0 aromatic heterocycles. The van der Waals surface area contributed by atoms with Crippen molar-refractivity contribution in [2.45, 2.75) is 26.9 Å². The van der Waals surface area contributed by atoms with Gasteiger partial charge in [-0.25, -0.2) is 0 Å². The Morgan fingerprint density at radius 3 is 2.52 bits per heavy atom. The van der Waals surface area contributed by atoms with E-state index in [0.29, 0.717) is 12.5 Å². The van der Waals surface area contributed by atoms with Crippen LogP contribution < -0.4 is 4.90 Å². The second-order valence-electron chi connectivity index (χ2n) is 8.47. The predicted octanol–water partition coefficient (Wildman–Crippen LogP) is 4.19. The Morgan fingerprint density at radius 2 is 1.90 bits per heavy atom. The highest BCUT2D eigenvalue weighted by Gasteiger charge is 2.18. The molecule has 1 aliphatic rings. The molecule has 0 saturated heterocycles. The Kier molecular flexibility index (Phi) is 7.64. The highest BCUT2D eigenvalue weighted by Crippen LogP contribution is 2.25. The van der Waals surface area contributed by atoms with Crippen LogP contribution in [0.4, 0.5) is 5.69 Å². The molecule has 0 spiro atoms. The first-order valence-electron chi connectivity index (χ1n) is 10.9. The Bertz CT molecular complexity index is 935. The molecule has 1 unspecified atom stereocenters. The van der Waals surface area contributed by atoms with Crippen molar-refractivity contribution in [1.29, 1.82) is 0 Å². The molecular weight excluding hydrogens is 384 g/mol. The molecule has 0 aliphatic carbocycles. The molecule has 1 amide bonds. The number of hydrogen-bond donors (Lipinski definition) is 0. The van der Waals surface area contributed by atoms with Crippen molar-refractivity contribution in [3.8, 4) is 0 Å². The van der Waals surface area contributed by atoms with Crippen molar-refractivity contribution in [3.63, 3.8) is 0 Å². The summed E-state index contributed by atoms with van der Waals surface area (Å²) in [6.45, 7) is 11.7. The van der Waals surface area contributed by atoms with Crippen LogP contribution in [-0.4, -0.2) is 55.3 Å². The summed E-state index contributed by atoms with van der Waals surface area (Å²) in [5, 5.41) is 0. The summed E-state index contributed by atoms with van der Waals surface area (Å²) < 4.78 is 0. The Balaban J connectivity index is 1.78. The van der Waals surface area contributed by atoms with Crippen molar-refractivity contribution in [3.05, 3.63) is 77.9 Å². The summed E-state index contributed by atoms with van der Waals surface area (Å²) in [6.07, 6.45) is 1.98. The molecular formula is C26H34N4O. The minimum absolute atomic E-state index is 0.0403. The smallest absolute Gasteiger partial charge is 0.224 e. The number of anilines is 1. The van der Waals surface area contributed by atoms with Gasteiger partial charge in [0.25, 0.3) is 0 Å². The predicted molar refractivity (Wildman–Crippen MR) is 129 cm³/mol. The summed E-state index contributed by atoms with van der Waals surface area (Å²) in [5.41, 5.74) is 4.34. The van der Waals surface area contributed by atoms with E-state index in [0.717, 1.165) is 54.4 Å². The monoisotopic (exact) mass is 418 g/mol. The fourth-order valence-electron chi connectivity index (χ4n) is 3.98. The summed E-state index contributed by atoms with van der Waals surface area (Å²) in [4.78, 5) is 23.5. The molecule has 2 aromatic rings. The number of aliphatic imine (C=N–C) groups is 1. The van der Waals surface area contributed by atoms with E-state index in [1.54, 1.807) is 6.92 Å². The third-order valence-electron chi connectivity index (χ3n) is 5.72. The van der Waals surface area contributed by atoms with Gasteiger partial charge in [-0.2, -0.15) is 0 Å². The normalized spacial score (nSPS) is 14.5. The molecule has 5 heteroatoms. The average molecular weight is 419 g/mol. The summed E-state index contributed by atoms with van der Waals surface area (Å²) in [5.74, 6) is 1.50. The van der Waals surface area contributed by atoms with E-state index in [-0.39, 0.29) is 5.91 Å². The quantitative estimate of drug-likeness (QED) is 0.574. The summed E-state index contributed by atoms with van der Waals surface area (Å²) >= 11 is 0. The van der Waals surface area contributed by atoms with Crippen LogP contribution in [0.25, 0.3) is 0 Å². The first-order valence-corrected chi connectivity index (χ1v) is 10.9. The van der Waals surface area contributed by atoms with Crippen molar-refractivity contribution in [2.24, 2.45) is 10.9 Å². The molecule has 0 fully saturated rings. The second kappa shape index (κ2) is 10.4. The first-order chi connectivity index (χ1) is 14.9. The maximum atomic E-state index is 12.6. The van der Waals surface area contributed by atoms with Crippen LogP contribution in [0.5, 0.6) is 0 Å². The zero-order valence-electron chi connectivity index (χ0n) is 19.2. The van der Waals surface area contributed by atoms with Crippen LogP contribution >= 0.6 is 0 Å². The standard InChI is InChI=1S/C26H34N4O/c1-6-20(2)17-28(4)19-24-9-7-8-10-25(24)30(21(3)31)18-22-11-13-23(14-12-22)26-27-15-16-29(26)5/h6-14,20H,1,15-19H2,2-5H3. The molecule has 0 saturated carbocycles. The van der Waals surface area contributed by atoms with E-state index in [2.05, 4.69) is 72.7 Å². The third kappa shape index (κ3) is 5.82. The van der Waals surface area contributed by atoms with Crippen molar-refractivity contribution < 1.29 is 4.79 Å². The number of rotatable bonds is 9. The topological polar surface area (TPSA) is 39.1 Å². The highest BCUT2D eigenvalue weighted by molar-refractivity contribution is 5.99. The lowest BCUT2D eigenvalue weighted by Crippen LogP contribution is -2.30. The molecule has 164 valence electrons. The zero-order chi connectivity index (χ0) is 22.4. The highest BCUT2D eigenvalue weighted by atomic mass is 16.2. The van der Waals surface area contributed by atoms with Gasteiger partial charge in [-0.3, -0.25) is 9.79 Å². The number of hydrogen-bond acceptors (Lipinski definition) is 4. The second-order valence-corrected chi connectivity index (χ2v) is 8.47. The van der Waals surface area contributed by atoms with Gasteiger partial charge in [0.15, 0.2) is 0 Å². The van der Waals surface area contributed by atoms with Crippen LogP contribution in [0.1, 0.15) is 30.5 Å². The van der Waals surface area contributed by atoms with Crippen molar-refractivity contribution >= 4 is 17.4 Å². The molecule has 3 rings (SSSR count). The van der Waals surface area contributed by atoms with Crippen LogP contribution in [0.2, 0.25) is 0 Å². The maximum Gasteiger partial charge on any atom is 0.224 e. The number of para-hydroxylation sites is 1. The van der Waals surface area contributed by atoms with Gasteiger partial charge in [0.1, 0.15) is 5.84 Å². The molecule has 0 radical (unpaired) electrons. The van der Waals surface area contributed by atoms with Crippen LogP contribution in [0.3, 0.4) is 0 Å². The van der Waals surface area contributed by atoms with E-state index < -0.39 is 0 Å². The lowest BCUT2D eigenvalue weighted by Gasteiger charge is -2.27. The van der Waals surface area contributed by atoms with E-state index in [1.807, 2.05) is 29.2 Å².